The van der Waals surface area contributed by atoms with Crippen LogP contribution in [-0.2, 0) is 4.79 Å². The summed E-state index contributed by atoms with van der Waals surface area (Å²) in [5.41, 5.74) is 6.62. The number of piperidine rings is 1. The van der Waals surface area contributed by atoms with Crippen molar-refractivity contribution < 1.29 is 4.79 Å². The Labute approximate surface area is 97.9 Å². The third kappa shape index (κ3) is 4.77. The van der Waals surface area contributed by atoms with Crippen LogP contribution in [0.4, 0.5) is 0 Å². The maximum atomic E-state index is 10.8. The second-order valence-electron chi connectivity index (χ2n) is 4.61. The number of amides is 1. The van der Waals surface area contributed by atoms with Crippen LogP contribution in [0.5, 0.6) is 0 Å². The van der Waals surface area contributed by atoms with Crippen molar-refractivity contribution >= 4 is 5.91 Å². The summed E-state index contributed by atoms with van der Waals surface area (Å²) in [6, 6.07) is 0. The van der Waals surface area contributed by atoms with Gasteiger partial charge in [-0.3, -0.25) is 9.69 Å². The molecule has 0 spiro atoms. The van der Waals surface area contributed by atoms with Gasteiger partial charge >= 0.3 is 0 Å². The van der Waals surface area contributed by atoms with Crippen LogP contribution in [0.2, 0.25) is 0 Å². The second-order valence-corrected chi connectivity index (χ2v) is 4.61. The first-order valence-electron chi connectivity index (χ1n) is 5.95. The van der Waals surface area contributed by atoms with E-state index in [0.29, 0.717) is 12.5 Å². The third-order valence-electron chi connectivity index (χ3n) is 3.08. The van der Waals surface area contributed by atoms with Crippen molar-refractivity contribution in [2.45, 2.75) is 19.8 Å². The molecule has 1 amide bonds. The summed E-state index contributed by atoms with van der Waals surface area (Å²) >= 11 is 0. The number of rotatable bonds is 5. The summed E-state index contributed by atoms with van der Waals surface area (Å²) < 4.78 is 0. The van der Waals surface area contributed by atoms with Gasteiger partial charge in [-0.15, -0.1) is 0 Å². The van der Waals surface area contributed by atoms with Crippen LogP contribution < -0.4 is 11.1 Å². The number of nitrogens with two attached hydrogens (primary N) is 1. The van der Waals surface area contributed by atoms with Gasteiger partial charge in [-0.05, 0) is 37.4 Å². The minimum atomic E-state index is 0.0685. The highest BCUT2D eigenvalue weighted by Gasteiger charge is 2.19. The Morgan fingerprint density at radius 3 is 2.62 bits per heavy atom. The SMILES string of the molecule is C=C(CN)CN1CCC(CNC(C)=O)CC1. The molecule has 16 heavy (non-hydrogen) atoms. The lowest BCUT2D eigenvalue weighted by Crippen LogP contribution is -2.39. The Hall–Kier alpha value is -0.870. The minimum absolute atomic E-state index is 0.0685. The van der Waals surface area contributed by atoms with E-state index in [0.717, 1.165) is 44.6 Å². The van der Waals surface area contributed by atoms with E-state index >= 15 is 0 Å². The topological polar surface area (TPSA) is 58.4 Å². The van der Waals surface area contributed by atoms with E-state index in [1.807, 2.05) is 0 Å². The normalized spacial score (nSPS) is 18.4. The Kier molecular flexibility index (Phi) is 5.49. The molecule has 0 aliphatic carbocycles. The predicted octanol–water partition coefficient (Wildman–Crippen LogP) is 0.349. The number of likely N-dealkylation sites (tertiary alicyclic amines) is 1. The van der Waals surface area contributed by atoms with Crippen LogP contribution in [0.15, 0.2) is 12.2 Å². The number of carbonyl (C=O) groups excluding carboxylic acids is 1. The van der Waals surface area contributed by atoms with Gasteiger partial charge in [0.25, 0.3) is 0 Å². The molecular formula is C12H23N3O. The van der Waals surface area contributed by atoms with Crippen LogP contribution in [0, 0.1) is 5.92 Å². The van der Waals surface area contributed by atoms with Crippen LogP contribution >= 0.6 is 0 Å². The first kappa shape index (κ1) is 13.2. The fourth-order valence-electron chi connectivity index (χ4n) is 2.02. The van der Waals surface area contributed by atoms with Gasteiger partial charge in [0, 0.05) is 26.6 Å². The third-order valence-corrected chi connectivity index (χ3v) is 3.08. The number of hydrogen-bond donors (Lipinski definition) is 2. The summed E-state index contributed by atoms with van der Waals surface area (Å²) in [6.07, 6.45) is 2.30. The van der Waals surface area contributed by atoms with Crippen LogP contribution in [0.1, 0.15) is 19.8 Å². The van der Waals surface area contributed by atoms with Crippen LogP contribution in [0.25, 0.3) is 0 Å². The van der Waals surface area contributed by atoms with Crippen molar-refractivity contribution in [3.8, 4) is 0 Å². The number of nitrogens with one attached hydrogen (secondary N) is 1. The van der Waals surface area contributed by atoms with E-state index in [2.05, 4.69) is 16.8 Å². The van der Waals surface area contributed by atoms with Gasteiger partial charge in [0.2, 0.25) is 5.91 Å². The number of hydrogen-bond acceptors (Lipinski definition) is 3. The van der Waals surface area contributed by atoms with Gasteiger partial charge in [-0.1, -0.05) is 6.58 Å². The molecule has 0 radical (unpaired) electrons. The van der Waals surface area contributed by atoms with E-state index < -0.39 is 0 Å². The quantitative estimate of drug-likeness (QED) is 0.664. The first-order valence-corrected chi connectivity index (χ1v) is 5.95. The zero-order valence-electron chi connectivity index (χ0n) is 10.2. The molecular weight excluding hydrogens is 202 g/mol. The minimum Gasteiger partial charge on any atom is -0.356 e. The molecule has 1 aliphatic rings. The van der Waals surface area contributed by atoms with Gasteiger partial charge in [-0.25, -0.2) is 0 Å². The van der Waals surface area contributed by atoms with E-state index in [1.54, 1.807) is 6.92 Å². The average Bonchev–Trinajstić information content (AvgIpc) is 2.28. The highest BCUT2D eigenvalue weighted by molar-refractivity contribution is 5.72. The summed E-state index contributed by atoms with van der Waals surface area (Å²) in [6.45, 7) is 9.98. The van der Waals surface area contributed by atoms with E-state index in [4.69, 9.17) is 5.73 Å². The fraction of sp³-hybridized carbons (Fsp3) is 0.750. The molecule has 4 heteroatoms. The molecule has 0 saturated carbocycles. The molecule has 3 N–H and O–H groups in total. The van der Waals surface area contributed by atoms with Gasteiger partial charge in [-0.2, -0.15) is 0 Å². The van der Waals surface area contributed by atoms with Crippen LogP contribution in [-0.4, -0.2) is 43.5 Å². The second kappa shape index (κ2) is 6.66. The molecule has 1 rings (SSSR count). The van der Waals surface area contributed by atoms with Crippen molar-refractivity contribution in [1.82, 2.24) is 10.2 Å². The Bertz CT molecular complexity index is 245. The zero-order chi connectivity index (χ0) is 12.0. The highest BCUT2D eigenvalue weighted by atomic mass is 16.1. The molecule has 1 aliphatic heterocycles. The first-order chi connectivity index (χ1) is 7.61. The molecule has 1 heterocycles. The Balaban J connectivity index is 2.18. The number of nitrogens with zero attached hydrogens (tertiary/aromatic N) is 1. The molecule has 0 aromatic heterocycles. The summed E-state index contributed by atoms with van der Waals surface area (Å²) in [5, 5.41) is 2.89. The van der Waals surface area contributed by atoms with E-state index in [-0.39, 0.29) is 5.91 Å². The molecule has 1 fully saturated rings. The maximum Gasteiger partial charge on any atom is 0.216 e. The standard InChI is InChI=1S/C12H23N3O/c1-10(7-13)9-15-5-3-12(4-6-15)8-14-11(2)16/h12H,1,3-9,13H2,2H3,(H,14,16). The van der Waals surface area contributed by atoms with Gasteiger partial charge < -0.3 is 11.1 Å². The monoisotopic (exact) mass is 225 g/mol. The van der Waals surface area contributed by atoms with Gasteiger partial charge in [0.1, 0.15) is 0 Å². The molecule has 0 aromatic rings. The molecule has 4 nitrogen and oxygen atoms in total. The summed E-state index contributed by atoms with van der Waals surface area (Å²) in [7, 11) is 0. The Morgan fingerprint density at radius 2 is 2.12 bits per heavy atom. The molecule has 0 atom stereocenters. The number of carbonyl (C=O) groups is 1. The molecule has 0 bridgehead atoms. The van der Waals surface area contributed by atoms with Crippen molar-refractivity contribution in [2.75, 3.05) is 32.7 Å². The van der Waals surface area contributed by atoms with Crippen molar-refractivity contribution in [3.63, 3.8) is 0 Å². The van der Waals surface area contributed by atoms with Gasteiger partial charge in [0.15, 0.2) is 0 Å². The molecule has 92 valence electrons. The smallest absolute Gasteiger partial charge is 0.216 e. The fourth-order valence-corrected chi connectivity index (χ4v) is 2.02. The Morgan fingerprint density at radius 1 is 1.50 bits per heavy atom. The van der Waals surface area contributed by atoms with E-state index in [1.165, 1.54) is 0 Å². The maximum absolute atomic E-state index is 10.8. The van der Waals surface area contributed by atoms with Crippen molar-refractivity contribution in [3.05, 3.63) is 12.2 Å². The predicted molar refractivity (Wildman–Crippen MR) is 66.0 cm³/mol. The van der Waals surface area contributed by atoms with Gasteiger partial charge in [0.05, 0.1) is 0 Å². The molecule has 0 unspecified atom stereocenters. The lowest BCUT2D eigenvalue weighted by atomic mass is 9.96. The summed E-state index contributed by atoms with van der Waals surface area (Å²) in [5.74, 6) is 0.699. The highest BCUT2D eigenvalue weighted by Crippen LogP contribution is 2.16. The largest absolute Gasteiger partial charge is 0.356 e. The van der Waals surface area contributed by atoms with Crippen molar-refractivity contribution in [2.24, 2.45) is 11.7 Å². The van der Waals surface area contributed by atoms with Crippen LogP contribution in [0.3, 0.4) is 0 Å². The zero-order valence-corrected chi connectivity index (χ0v) is 10.2. The van der Waals surface area contributed by atoms with Crippen molar-refractivity contribution in [1.29, 1.82) is 0 Å². The molecule has 1 saturated heterocycles. The lowest BCUT2D eigenvalue weighted by Gasteiger charge is -2.32. The summed E-state index contributed by atoms with van der Waals surface area (Å²) in [4.78, 5) is 13.2. The molecule has 0 aromatic carbocycles. The van der Waals surface area contributed by atoms with E-state index in [9.17, 15) is 4.79 Å². The lowest BCUT2D eigenvalue weighted by molar-refractivity contribution is -0.119. The average molecular weight is 225 g/mol.